The smallest absolute Gasteiger partial charge is 0.316 e. The van der Waals surface area contributed by atoms with Crippen molar-refractivity contribution < 1.29 is 19.1 Å². The van der Waals surface area contributed by atoms with E-state index in [-0.39, 0.29) is 23.4 Å². The molecule has 0 aliphatic heterocycles. The zero-order valence-electron chi connectivity index (χ0n) is 12.8. The van der Waals surface area contributed by atoms with Crippen molar-refractivity contribution in [1.82, 2.24) is 0 Å². The van der Waals surface area contributed by atoms with Crippen LogP contribution in [0.5, 0.6) is 0 Å². The number of ketones is 2. The summed E-state index contributed by atoms with van der Waals surface area (Å²) < 4.78 is 5.14. The standard InChI is InChI=1S/C16H26O4/c1-4-6-7-12-13(8-9-14(12)18)15(11(3)17)16(19)20-10-5-2/h12-13,15H,4-10H2,1-3H3. The summed E-state index contributed by atoms with van der Waals surface area (Å²) in [4.78, 5) is 35.9. The van der Waals surface area contributed by atoms with Gasteiger partial charge in [-0.1, -0.05) is 26.7 Å². The first kappa shape index (κ1) is 16.9. The van der Waals surface area contributed by atoms with E-state index in [0.717, 1.165) is 25.7 Å². The molecule has 4 heteroatoms. The molecule has 0 spiro atoms. The first-order valence-electron chi connectivity index (χ1n) is 7.72. The Bertz CT molecular complexity index is 361. The normalized spacial score (nSPS) is 23.6. The number of carbonyl (C=O) groups excluding carboxylic acids is 3. The maximum absolute atomic E-state index is 12.1. The summed E-state index contributed by atoms with van der Waals surface area (Å²) in [7, 11) is 0. The molecule has 0 radical (unpaired) electrons. The van der Waals surface area contributed by atoms with Gasteiger partial charge in [0.2, 0.25) is 0 Å². The second-order valence-electron chi connectivity index (χ2n) is 5.67. The molecule has 0 amide bonds. The highest BCUT2D eigenvalue weighted by atomic mass is 16.5. The Hall–Kier alpha value is -1.19. The van der Waals surface area contributed by atoms with Crippen LogP contribution in [0.15, 0.2) is 0 Å². The van der Waals surface area contributed by atoms with Crippen LogP contribution in [0.3, 0.4) is 0 Å². The molecule has 1 aliphatic carbocycles. The van der Waals surface area contributed by atoms with E-state index >= 15 is 0 Å². The topological polar surface area (TPSA) is 60.4 Å². The van der Waals surface area contributed by atoms with Crippen molar-refractivity contribution in [2.75, 3.05) is 6.61 Å². The molecule has 1 fully saturated rings. The van der Waals surface area contributed by atoms with Crippen molar-refractivity contribution >= 4 is 17.5 Å². The van der Waals surface area contributed by atoms with Crippen LogP contribution in [0.1, 0.15) is 59.3 Å². The molecule has 1 rings (SSSR count). The van der Waals surface area contributed by atoms with Gasteiger partial charge in [0.1, 0.15) is 17.5 Å². The number of unbranched alkanes of at least 4 members (excludes halogenated alkanes) is 1. The zero-order valence-corrected chi connectivity index (χ0v) is 12.8. The number of hydrogen-bond acceptors (Lipinski definition) is 4. The van der Waals surface area contributed by atoms with Crippen molar-refractivity contribution in [2.24, 2.45) is 17.8 Å². The molecule has 114 valence electrons. The maximum Gasteiger partial charge on any atom is 0.316 e. The monoisotopic (exact) mass is 282 g/mol. The van der Waals surface area contributed by atoms with Crippen LogP contribution in [0.2, 0.25) is 0 Å². The van der Waals surface area contributed by atoms with Gasteiger partial charge in [-0.3, -0.25) is 14.4 Å². The molecule has 0 bridgehead atoms. The van der Waals surface area contributed by atoms with E-state index in [2.05, 4.69) is 6.92 Å². The third-order valence-corrected chi connectivity index (χ3v) is 4.09. The molecule has 1 saturated carbocycles. The van der Waals surface area contributed by atoms with Crippen LogP contribution in [0, 0.1) is 17.8 Å². The number of ether oxygens (including phenoxy) is 1. The van der Waals surface area contributed by atoms with Gasteiger partial charge in [-0.25, -0.2) is 0 Å². The van der Waals surface area contributed by atoms with Crippen LogP contribution in [0.4, 0.5) is 0 Å². The van der Waals surface area contributed by atoms with E-state index in [0.29, 0.717) is 19.4 Å². The minimum Gasteiger partial charge on any atom is -0.465 e. The lowest BCUT2D eigenvalue weighted by Crippen LogP contribution is -2.35. The number of hydrogen-bond donors (Lipinski definition) is 0. The van der Waals surface area contributed by atoms with Gasteiger partial charge in [-0.05, 0) is 32.1 Å². The Labute approximate surface area is 121 Å². The Morgan fingerprint density at radius 2 is 2.00 bits per heavy atom. The first-order chi connectivity index (χ1) is 9.52. The molecule has 0 N–H and O–H groups in total. The largest absolute Gasteiger partial charge is 0.465 e. The molecular weight excluding hydrogens is 256 g/mol. The molecule has 0 saturated heterocycles. The summed E-state index contributed by atoms with van der Waals surface area (Å²) in [6.07, 6.45) is 4.62. The van der Waals surface area contributed by atoms with Crippen LogP contribution in [-0.2, 0) is 19.1 Å². The summed E-state index contributed by atoms with van der Waals surface area (Å²) in [5.74, 6) is -1.46. The van der Waals surface area contributed by atoms with E-state index in [4.69, 9.17) is 4.74 Å². The molecule has 0 aromatic carbocycles. The third-order valence-electron chi connectivity index (χ3n) is 4.09. The summed E-state index contributed by atoms with van der Waals surface area (Å²) >= 11 is 0. The predicted octanol–water partition coefficient (Wildman–Crippen LogP) is 2.93. The summed E-state index contributed by atoms with van der Waals surface area (Å²) in [6, 6.07) is 0. The quantitative estimate of drug-likeness (QED) is 0.507. The van der Waals surface area contributed by atoms with E-state index in [1.54, 1.807) is 0 Å². The van der Waals surface area contributed by atoms with Gasteiger partial charge in [0.05, 0.1) is 6.61 Å². The minimum atomic E-state index is -0.755. The lowest BCUT2D eigenvalue weighted by atomic mass is 9.79. The average molecular weight is 282 g/mol. The highest BCUT2D eigenvalue weighted by molar-refractivity contribution is 5.99. The predicted molar refractivity (Wildman–Crippen MR) is 76.2 cm³/mol. The highest BCUT2D eigenvalue weighted by Gasteiger charge is 2.44. The van der Waals surface area contributed by atoms with Gasteiger partial charge in [0, 0.05) is 12.3 Å². The van der Waals surface area contributed by atoms with Crippen LogP contribution < -0.4 is 0 Å². The summed E-state index contributed by atoms with van der Waals surface area (Å²) in [5.41, 5.74) is 0. The van der Waals surface area contributed by atoms with Gasteiger partial charge < -0.3 is 4.74 Å². The Kier molecular flexibility index (Phi) is 6.89. The van der Waals surface area contributed by atoms with Crippen molar-refractivity contribution in [1.29, 1.82) is 0 Å². The first-order valence-corrected chi connectivity index (χ1v) is 7.72. The van der Waals surface area contributed by atoms with E-state index in [1.807, 2.05) is 6.92 Å². The molecule has 0 aromatic rings. The van der Waals surface area contributed by atoms with E-state index in [1.165, 1.54) is 6.92 Å². The van der Waals surface area contributed by atoms with Crippen LogP contribution in [0.25, 0.3) is 0 Å². The number of rotatable bonds is 8. The molecule has 20 heavy (non-hydrogen) atoms. The van der Waals surface area contributed by atoms with Crippen molar-refractivity contribution in [3.05, 3.63) is 0 Å². The lowest BCUT2D eigenvalue weighted by molar-refractivity contribution is -0.154. The third kappa shape index (κ3) is 4.15. The molecule has 3 unspecified atom stereocenters. The SMILES string of the molecule is CCCCC1C(=O)CCC1C(C(C)=O)C(=O)OCCC. The highest BCUT2D eigenvalue weighted by Crippen LogP contribution is 2.38. The molecule has 4 nitrogen and oxygen atoms in total. The fourth-order valence-electron chi connectivity index (χ4n) is 3.07. The molecule has 1 aliphatic rings. The second kappa shape index (κ2) is 8.18. The van der Waals surface area contributed by atoms with Crippen molar-refractivity contribution in [2.45, 2.75) is 59.3 Å². The molecule has 3 atom stereocenters. The van der Waals surface area contributed by atoms with Gasteiger partial charge in [0.15, 0.2) is 0 Å². The van der Waals surface area contributed by atoms with E-state index in [9.17, 15) is 14.4 Å². The second-order valence-corrected chi connectivity index (χ2v) is 5.67. The average Bonchev–Trinajstić information content (AvgIpc) is 2.75. The van der Waals surface area contributed by atoms with Crippen LogP contribution in [-0.4, -0.2) is 24.1 Å². The number of esters is 1. The summed E-state index contributed by atoms with van der Waals surface area (Å²) in [5, 5.41) is 0. The Balaban J connectivity index is 2.81. The van der Waals surface area contributed by atoms with Crippen molar-refractivity contribution in [3.8, 4) is 0 Å². The molecule has 0 aromatic heterocycles. The number of Topliss-reactive ketones (excluding diaryl/α,β-unsaturated/α-hetero) is 2. The molecular formula is C16H26O4. The maximum atomic E-state index is 12.1. The fraction of sp³-hybridized carbons (Fsp3) is 0.812. The van der Waals surface area contributed by atoms with Gasteiger partial charge >= 0.3 is 5.97 Å². The minimum absolute atomic E-state index is 0.141. The Morgan fingerprint density at radius 1 is 1.30 bits per heavy atom. The van der Waals surface area contributed by atoms with Crippen molar-refractivity contribution in [3.63, 3.8) is 0 Å². The lowest BCUT2D eigenvalue weighted by Gasteiger charge is -2.24. The fourth-order valence-corrected chi connectivity index (χ4v) is 3.07. The van der Waals surface area contributed by atoms with Crippen LogP contribution >= 0.6 is 0 Å². The summed E-state index contributed by atoms with van der Waals surface area (Å²) in [6.45, 7) is 5.76. The zero-order chi connectivity index (χ0) is 15.1. The van der Waals surface area contributed by atoms with E-state index < -0.39 is 11.9 Å². The Morgan fingerprint density at radius 3 is 2.55 bits per heavy atom. The molecule has 0 heterocycles. The number of carbonyl (C=O) groups is 3. The van der Waals surface area contributed by atoms with Gasteiger partial charge in [-0.15, -0.1) is 0 Å². The van der Waals surface area contributed by atoms with Gasteiger partial charge in [-0.2, -0.15) is 0 Å². The van der Waals surface area contributed by atoms with Gasteiger partial charge in [0.25, 0.3) is 0 Å².